The molecule has 1 fully saturated rings. The van der Waals surface area contributed by atoms with Gasteiger partial charge in [0.25, 0.3) is 0 Å². The summed E-state index contributed by atoms with van der Waals surface area (Å²) in [5.74, 6) is -14.3. The molecule has 4 atom stereocenters. The van der Waals surface area contributed by atoms with Crippen molar-refractivity contribution in [2.45, 2.75) is 76.9 Å². The van der Waals surface area contributed by atoms with Gasteiger partial charge in [-0.05, 0) is 11.8 Å². The number of hydrogen-bond acceptors (Lipinski definition) is 7. The quantitative estimate of drug-likeness (QED) is 0.260. The smallest absolute Gasteiger partial charge is 0.461 e. The van der Waals surface area contributed by atoms with Crippen LogP contribution in [0.2, 0.25) is 0 Å². The average Bonchev–Trinajstić information content (AvgIpc) is 3.10. The van der Waals surface area contributed by atoms with Crippen LogP contribution in [0.3, 0.4) is 0 Å². The Morgan fingerprint density at radius 2 is 1.59 bits per heavy atom. The van der Waals surface area contributed by atoms with E-state index in [0.29, 0.717) is 0 Å². The fraction of sp³-hybridized carbons (Fsp3) is 0.789. The molecule has 2 unspecified atom stereocenters. The van der Waals surface area contributed by atoms with Crippen LogP contribution in [0.5, 0.6) is 0 Å². The van der Waals surface area contributed by atoms with E-state index < -0.39 is 71.1 Å². The number of alkyl halides is 5. The zero-order chi connectivity index (χ0) is 25.2. The molecule has 0 aromatic carbocycles. The van der Waals surface area contributed by atoms with E-state index in [-0.39, 0.29) is 13.0 Å². The fourth-order valence-corrected chi connectivity index (χ4v) is 3.37. The predicted octanol–water partition coefficient (Wildman–Crippen LogP) is 1.11. The number of Topliss-reactive ketones (excluding diaryl/α,β-unsaturated/α-hetero) is 2. The molecule has 13 heteroatoms. The van der Waals surface area contributed by atoms with Crippen molar-refractivity contribution in [2.24, 2.45) is 17.6 Å². The first-order valence-corrected chi connectivity index (χ1v) is 9.91. The second-order valence-electron chi connectivity index (χ2n) is 8.42. The molecule has 1 amide bonds. The van der Waals surface area contributed by atoms with Gasteiger partial charge in [-0.1, -0.05) is 27.7 Å². The molecule has 4 N–H and O–H groups in total. The molecule has 0 spiro atoms. The summed E-state index contributed by atoms with van der Waals surface area (Å²) in [5, 5.41) is 4.48. The number of carbonyl (C=O) groups excluding carboxylic acids is 4. The van der Waals surface area contributed by atoms with E-state index >= 15 is 0 Å². The lowest BCUT2D eigenvalue weighted by Crippen LogP contribution is -2.73. The minimum Gasteiger partial charge on any atom is -0.461 e. The molecule has 0 saturated carbocycles. The molecule has 184 valence electrons. The second-order valence-corrected chi connectivity index (χ2v) is 8.42. The highest BCUT2D eigenvalue weighted by Crippen LogP contribution is 2.41. The van der Waals surface area contributed by atoms with Crippen molar-refractivity contribution in [1.29, 1.82) is 0 Å². The Balaban J connectivity index is 3.45. The van der Waals surface area contributed by atoms with Crippen LogP contribution in [-0.2, 0) is 23.9 Å². The van der Waals surface area contributed by atoms with Gasteiger partial charge in [-0.2, -0.15) is 22.0 Å². The van der Waals surface area contributed by atoms with Crippen molar-refractivity contribution >= 4 is 23.4 Å². The number of rotatable bonds is 9. The Labute approximate surface area is 181 Å². The van der Waals surface area contributed by atoms with Crippen LogP contribution in [0, 0.1) is 11.8 Å². The van der Waals surface area contributed by atoms with Crippen LogP contribution < -0.4 is 16.4 Å². The van der Waals surface area contributed by atoms with Gasteiger partial charge in [0.15, 0.2) is 11.3 Å². The maximum atomic E-state index is 14.1. The first-order valence-electron chi connectivity index (χ1n) is 9.91. The molecule has 0 aromatic rings. The summed E-state index contributed by atoms with van der Waals surface area (Å²) in [4.78, 5) is 49.6. The van der Waals surface area contributed by atoms with Crippen LogP contribution in [0.4, 0.5) is 22.0 Å². The largest absolute Gasteiger partial charge is 0.461 e. The number of ether oxygens (including phenoxy) is 1. The van der Waals surface area contributed by atoms with Gasteiger partial charge in [0.1, 0.15) is 6.10 Å². The van der Waals surface area contributed by atoms with Gasteiger partial charge in [-0.3, -0.25) is 19.2 Å². The molecule has 0 radical (unpaired) electrons. The molecule has 1 saturated heterocycles. The van der Waals surface area contributed by atoms with Crippen molar-refractivity contribution in [2.75, 3.05) is 6.54 Å². The molecule has 1 aliphatic rings. The topological polar surface area (TPSA) is 128 Å². The second kappa shape index (κ2) is 9.77. The summed E-state index contributed by atoms with van der Waals surface area (Å²) in [7, 11) is 0. The van der Waals surface area contributed by atoms with E-state index in [2.05, 4.69) is 5.32 Å². The van der Waals surface area contributed by atoms with Gasteiger partial charge < -0.3 is 21.1 Å². The molecule has 1 rings (SSSR count). The van der Waals surface area contributed by atoms with Crippen LogP contribution in [0.1, 0.15) is 41.0 Å². The normalized spacial score (nSPS) is 22.4. The number of carbonyl (C=O) groups is 4. The zero-order valence-corrected chi connectivity index (χ0v) is 18.3. The SMILES string of the molecule is CC(=O)OC1CN[C@H](C(=O)NC(C(=O)[C@@H](N)C(C)C)(C(=O)C(F)(F)C(F)(F)F)C(C)C)C1. The summed E-state index contributed by atoms with van der Waals surface area (Å²) in [6, 6.07) is -2.83. The van der Waals surface area contributed by atoms with E-state index in [9.17, 15) is 41.1 Å². The van der Waals surface area contributed by atoms with Gasteiger partial charge in [-0.15, -0.1) is 0 Å². The summed E-state index contributed by atoms with van der Waals surface area (Å²) >= 11 is 0. The number of halogens is 5. The molecule has 1 aliphatic heterocycles. The third-order valence-corrected chi connectivity index (χ3v) is 5.34. The Morgan fingerprint density at radius 1 is 1.06 bits per heavy atom. The Bertz CT molecular complexity index is 756. The molecule has 8 nitrogen and oxygen atoms in total. The first kappa shape index (κ1) is 27.9. The Hall–Kier alpha value is -2.15. The molecule has 1 heterocycles. The molecule has 32 heavy (non-hydrogen) atoms. The first-order chi connectivity index (χ1) is 14.4. The van der Waals surface area contributed by atoms with E-state index in [1.807, 2.05) is 5.32 Å². The molecule has 0 bridgehead atoms. The van der Waals surface area contributed by atoms with E-state index in [1.165, 1.54) is 13.8 Å². The van der Waals surface area contributed by atoms with Gasteiger partial charge in [-0.25, -0.2) is 0 Å². The van der Waals surface area contributed by atoms with Crippen molar-refractivity contribution in [3.05, 3.63) is 0 Å². The number of nitrogens with two attached hydrogens (primary N) is 1. The highest BCUT2D eigenvalue weighted by Gasteiger charge is 2.70. The van der Waals surface area contributed by atoms with Crippen LogP contribution in [0.15, 0.2) is 0 Å². The van der Waals surface area contributed by atoms with Crippen LogP contribution in [-0.4, -0.2) is 65.8 Å². The molecule has 0 aliphatic carbocycles. The van der Waals surface area contributed by atoms with Gasteiger partial charge in [0, 0.05) is 19.9 Å². The Morgan fingerprint density at radius 3 is 2.00 bits per heavy atom. The number of hydrogen-bond donors (Lipinski definition) is 3. The summed E-state index contributed by atoms with van der Waals surface area (Å²) in [5.41, 5.74) is 2.48. The highest BCUT2D eigenvalue weighted by molar-refractivity contribution is 6.18. The minimum absolute atomic E-state index is 0.00153. The minimum atomic E-state index is -6.30. The number of nitrogens with one attached hydrogen (secondary N) is 2. The number of ketones is 2. The van der Waals surface area contributed by atoms with Crippen LogP contribution in [0.25, 0.3) is 0 Å². The van der Waals surface area contributed by atoms with Crippen molar-refractivity contribution in [1.82, 2.24) is 10.6 Å². The maximum Gasteiger partial charge on any atom is 0.461 e. The van der Waals surface area contributed by atoms with Crippen LogP contribution >= 0.6 is 0 Å². The van der Waals surface area contributed by atoms with Gasteiger partial charge >= 0.3 is 18.1 Å². The highest BCUT2D eigenvalue weighted by atomic mass is 19.4. The lowest BCUT2D eigenvalue weighted by Gasteiger charge is -2.40. The van der Waals surface area contributed by atoms with Crippen molar-refractivity contribution in [3.63, 3.8) is 0 Å². The molecule has 0 aromatic heterocycles. The lowest BCUT2D eigenvalue weighted by atomic mass is 9.72. The average molecular weight is 473 g/mol. The summed E-state index contributed by atoms with van der Waals surface area (Å²) in [6.07, 6.45) is -7.21. The summed E-state index contributed by atoms with van der Waals surface area (Å²) < 4.78 is 72.3. The summed E-state index contributed by atoms with van der Waals surface area (Å²) in [6.45, 7) is 6.05. The Kier molecular flexibility index (Phi) is 8.52. The number of amides is 1. The standard InChI is InChI=1S/C19H28F5N3O5/c1-8(2)13(25)14(29)17(9(3)4,16(31)18(20,21)19(22,23)24)27-15(30)12-6-11(7-26-12)32-10(5)28/h8-9,11-13,26H,6-7,25H2,1-5H3,(H,27,30)/t11?,12-,13-,17?/m0/s1. The lowest BCUT2D eigenvalue weighted by molar-refractivity contribution is -0.271. The van der Waals surface area contributed by atoms with E-state index in [4.69, 9.17) is 10.5 Å². The fourth-order valence-electron chi connectivity index (χ4n) is 3.37. The van der Waals surface area contributed by atoms with Crippen molar-refractivity contribution in [3.8, 4) is 0 Å². The van der Waals surface area contributed by atoms with E-state index in [1.54, 1.807) is 0 Å². The molecular formula is C19H28F5N3O5. The predicted molar refractivity (Wildman–Crippen MR) is 102 cm³/mol. The van der Waals surface area contributed by atoms with E-state index in [0.717, 1.165) is 20.8 Å². The van der Waals surface area contributed by atoms with Crippen molar-refractivity contribution < 1.29 is 45.9 Å². The zero-order valence-electron chi connectivity index (χ0n) is 18.3. The maximum absolute atomic E-state index is 14.1. The molecular weight excluding hydrogens is 445 g/mol. The third kappa shape index (κ3) is 5.42. The van der Waals surface area contributed by atoms with Gasteiger partial charge in [0.2, 0.25) is 11.7 Å². The number of esters is 1. The monoisotopic (exact) mass is 473 g/mol. The third-order valence-electron chi connectivity index (χ3n) is 5.34. The van der Waals surface area contributed by atoms with Gasteiger partial charge in [0.05, 0.1) is 12.1 Å².